The molecular formula is C15H17ClN2O2. The Bertz CT molecular complexity index is 574. The monoisotopic (exact) mass is 292 g/mol. The summed E-state index contributed by atoms with van der Waals surface area (Å²) >= 11 is 5.77. The first-order chi connectivity index (χ1) is 9.65. The zero-order valence-corrected chi connectivity index (χ0v) is 12.3. The summed E-state index contributed by atoms with van der Waals surface area (Å²) in [6.07, 6.45) is 1.39. The predicted molar refractivity (Wildman–Crippen MR) is 81.7 cm³/mol. The van der Waals surface area contributed by atoms with E-state index in [0.29, 0.717) is 5.56 Å². The van der Waals surface area contributed by atoms with Crippen LogP contribution in [0.5, 0.6) is 0 Å². The second-order valence-electron chi connectivity index (χ2n) is 4.28. The standard InChI is InChI=1S/C15H17ClN2O2/c1-3-18(4-2)12-7-5-11(6-8-12)17-15(19)13-9-10-20-14(13)16/h5-10H,3-4H2,1-2H3,(H,17,19). The molecule has 1 aromatic carbocycles. The highest BCUT2D eigenvalue weighted by atomic mass is 35.5. The topological polar surface area (TPSA) is 45.5 Å². The van der Waals surface area contributed by atoms with Gasteiger partial charge in [0.2, 0.25) is 5.22 Å². The van der Waals surface area contributed by atoms with E-state index in [0.717, 1.165) is 24.5 Å². The molecule has 1 aromatic heterocycles. The minimum absolute atomic E-state index is 0.0993. The van der Waals surface area contributed by atoms with Crippen LogP contribution in [-0.4, -0.2) is 19.0 Å². The molecule has 0 saturated carbocycles. The lowest BCUT2D eigenvalue weighted by atomic mass is 10.2. The number of nitrogens with zero attached hydrogens (tertiary/aromatic N) is 1. The van der Waals surface area contributed by atoms with Crippen LogP contribution in [0.25, 0.3) is 0 Å². The highest BCUT2D eigenvalue weighted by Crippen LogP contribution is 2.21. The number of furan rings is 1. The molecule has 0 fully saturated rings. The van der Waals surface area contributed by atoms with Crippen LogP contribution in [0.3, 0.4) is 0 Å². The summed E-state index contributed by atoms with van der Waals surface area (Å²) < 4.78 is 4.90. The smallest absolute Gasteiger partial charge is 0.260 e. The van der Waals surface area contributed by atoms with Crippen LogP contribution in [0.4, 0.5) is 11.4 Å². The maximum absolute atomic E-state index is 12.0. The number of anilines is 2. The number of halogens is 1. The number of benzene rings is 1. The lowest BCUT2D eigenvalue weighted by Gasteiger charge is -2.21. The third-order valence-corrected chi connectivity index (χ3v) is 3.41. The summed E-state index contributed by atoms with van der Waals surface area (Å²) in [5.41, 5.74) is 2.19. The molecule has 0 saturated heterocycles. The summed E-state index contributed by atoms with van der Waals surface area (Å²) in [7, 11) is 0. The number of hydrogen-bond acceptors (Lipinski definition) is 3. The van der Waals surface area contributed by atoms with E-state index >= 15 is 0 Å². The first-order valence-corrected chi connectivity index (χ1v) is 6.92. The van der Waals surface area contributed by atoms with Gasteiger partial charge in [0.15, 0.2) is 0 Å². The Morgan fingerprint density at radius 1 is 1.20 bits per heavy atom. The second-order valence-corrected chi connectivity index (χ2v) is 4.62. The van der Waals surface area contributed by atoms with Crippen molar-refractivity contribution in [2.75, 3.05) is 23.3 Å². The molecule has 20 heavy (non-hydrogen) atoms. The number of amides is 1. The van der Waals surface area contributed by atoms with Gasteiger partial charge in [-0.25, -0.2) is 0 Å². The van der Waals surface area contributed by atoms with Crippen molar-refractivity contribution < 1.29 is 9.21 Å². The van der Waals surface area contributed by atoms with E-state index in [9.17, 15) is 4.79 Å². The minimum atomic E-state index is -0.278. The first-order valence-electron chi connectivity index (χ1n) is 6.55. The summed E-state index contributed by atoms with van der Waals surface area (Å²) in [6.45, 7) is 6.12. The average Bonchev–Trinajstić information content (AvgIpc) is 2.88. The van der Waals surface area contributed by atoms with Crippen molar-refractivity contribution in [3.8, 4) is 0 Å². The van der Waals surface area contributed by atoms with Gasteiger partial charge in [0.05, 0.1) is 11.8 Å². The molecule has 0 aliphatic rings. The molecule has 0 spiro atoms. The molecule has 1 amide bonds. The number of nitrogens with one attached hydrogen (secondary N) is 1. The fourth-order valence-corrected chi connectivity index (χ4v) is 2.20. The lowest BCUT2D eigenvalue weighted by Crippen LogP contribution is -2.21. The van der Waals surface area contributed by atoms with Gasteiger partial charge in [0.1, 0.15) is 0 Å². The van der Waals surface area contributed by atoms with Crippen molar-refractivity contribution in [1.82, 2.24) is 0 Å². The molecule has 2 rings (SSSR count). The number of carbonyl (C=O) groups excluding carboxylic acids is 1. The zero-order valence-electron chi connectivity index (χ0n) is 11.5. The lowest BCUT2D eigenvalue weighted by molar-refractivity contribution is 0.102. The third-order valence-electron chi connectivity index (χ3n) is 3.12. The van der Waals surface area contributed by atoms with E-state index in [1.54, 1.807) is 6.07 Å². The number of rotatable bonds is 5. The van der Waals surface area contributed by atoms with Gasteiger partial charge in [0.25, 0.3) is 5.91 Å². The van der Waals surface area contributed by atoms with Gasteiger partial charge >= 0.3 is 0 Å². The molecule has 4 nitrogen and oxygen atoms in total. The van der Waals surface area contributed by atoms with Gasteiger partial charge in [-0.05, 0) is 55.8 Å². The van der Waals surface area contributed by atoms with Gasteiger partial charge in [-0.1, -0.05) is 0 Å². The Balaban J connectivity index is 2.08. The molecular weight excluding hydrogens is 276 g/mol. The Labute approximate surface area is 123 Å². The van der Waals surface area contributed by atoms with Crippen LogP contribution < -0.4 is 10.2 Å². The van der Waals surface area contributed by atoms with Gasteiger partial charge in [-0.3, -0.25) is 4.79 Å². The first kappa shape index (κ1) is 14.5. The van der Waals surface area contributed by atoms with Crippen LogP contribution in [0.1, 0.15) is 24.2 Å². The molecule has 106 valence electrons. The van der Waals surface area contributed by atoms with Crippen molar-refractivity contribution in [2.45, 2.75) is 13.8 Å². The van der Waals surface area contributed by atoms with E-state index < -0.39 is 0 Å². The maximum atomic E-state index is 12.0. The van der Waals surface area contributed by atoms with Crippen molar-refractivity contribution in [1.29, 1.82) is 0 Å². The summed E-state index contributed by atoms with van der Waals surface area (Å²) in [5.74, 6) is -0.278. The zero-order chi connectivity index (χ0) is 14.5. The quantitative estimate of drug-likeness (QED) is 0.905. The normalized spacial score (nSPS) is 10.3. The van der Waals surface area contributed by atoms with E-state index in [4.69, 9.17) is 16.0 Å². The molecule has 2 aromatic rings. The number of hydrogen-bond donors (Lipinski definition) is 1. The Kier molecular flexibility index (Phi) is 4.69. The van der Waals surface area contributed by atoms with Crippen LogP contribution in [0.15, 0.2) is 41.0 Å². The Morgan fingerprint density at radius 2 is 1.85 bits per heavy atom. The molecule has 5 heteroatoms. The molecule has 1 N–H and O–H groups in total. The molecule has 0 aliphatic heterocycles. The van der Waals surface area contributed by atoms with Crippen molar-refractivity contribution in [3.05, 3.63) is 47.4 Å². The molecule has 0 atom stereocenters. The fourth-order valence-electron chi connectivity index (χ4n) is 2.00. The predicted octanol–water partition coefficient (Wildman–Crippen LogP) is 4.03. The van der Waals surface area contributed by atoms with Gasteiger partial charge in [0, 0.05) is 24.5 Å². The van der Waals surface area contributed by atoms with E-state index in [1.165, 1.54) is 6.26 Å². The SMILES string of the molecule is CCN(CC)c1ccc(NC(=O)c2ccoc2Cl)cc1. The minimum Gasteiger partial charge on any atom is -0.452 e. The van der Waals surface area contributed by atoms with Crippen molar-refractivity contribution in [2.24, 2.45) is 0 Å². The van der Waals surface area contributed by atoms with E-state index in [2.05, 4.69) is 24.1 Å². The van der Waals surface area contributed by atoms with Crippen LogP contribution in [0, 0.1) is 0 Å². The second kappa shape index (κ2) is 6.48. The molecule has 1 heterocycles. The fraction of sp³-hybridized carbons (Fsp3) is 0.267. The molecule has 0 unspecified atom stereocenters. The van der Waals surface area contributed by atoms with Crippen LogP contribution in [0.2, 0.25) is 5.22 Å². The van der Waals surface area contributed by atoms with Crippen LogP contribution in [-0.2, 0) is 0 Å². The third kappa shape index (κ3) is 3.14. The largest absolute Gasteiger partial charge is 0.452 e. The number of carbonyl (C=O) groups is 1. The molecule has 0 aliphatic carbocycles. The van der Waals surface area contributed by atoms with Crippen molar-refractivity contribution >= 4 is 28.9 Å². The van der Waals surface area contributed by atoms with E-state index in [-0.39, 0.29) is 11.1 Å². The average molecular weight is 293 g/mol. The van der Waals surface area contributed by atoms with Gasteiger partial charge < -0.3 is 14.6 Å². The highest BCUT2D eigenvalue weighted by molar-refractivity contribution is 6.32. The molecule has 0 bridgehead atoms. The highest BCUT2D eigenvalue weighted by Gasteiger charge is 2.13. The van der Waals surface area contributed by atoms with Crippen LogP contribution >= 0.6 is 11.6 Å². The summed E-state index contributed by atoms with van der Waals surface area (Å²) in [4.78, 5) is 14.2. The Morgan fingerprint density at radius 3 is 2.35 bits per heavy atom. The maximum Gasteiger partial charge on any atom is 0.260 e. The van der Waals surface area contributed by atoms with Gasteiger partial charge in [-0.2, -0.15) is 0 Å². The van der Waals surface area contributed by atoms with Gasteiger partial charge in [-0.15, -0.1) is 0 Å². The summed E-state index contributed by atoms with van der Waals surface area (Å²) in [6, 6.07) is 9.26. The van der Waals surface area contributed by atoms with Crippen molar-refractivity contribution in [3.63, 3.8) is 0 Å². The van der Waals surface area contributed by atoms with E-state index in [1.807, 2.05) is 24.3 Å². The molecule has 0 radical (unpaired) electrons. The summed E-state index contributed by atoms with van der Waals surface area (Å²) in [5, 5.41) is 2.88. The Hall–Kier alpha value is -1.94.